The maximum atomic E-state index is 12.0. The zero-order chi connectivity index (χ0) is 18.2. The largest absolute Gasteiger partial charge is 0.350 e. The fourth-order valence-corrected chi connectivity index (χ4v) is 2.36. The average Bonchev–Trinajstić information content (AvgIpc) is 3.15. The summed E-state index contributed by atoms with van der Waals surface area (Å²) in [5.41, 5.74) is 2.63. The number of amides is 2. The fraction of sp³-hybridized carbons (Fsp3) is 0.158. The first-order chi connectivity index (χ1) is 12.7. The smallest absolute Gasteiger partial charge is 0.242 e. The Morgan fingerprint density at radius 3 is 2.31 bits per heavy atom. The average molecular weight is 349 g/mol. The fourth-order valence-electron chi connectivity index (χ4n) is 2.36. The molecule has 2 aromatic carbocycles. The minimum Gasteiger partial charge on any atom is -0.350 e. The summed E-state index contributed by atoms with van der Waals surface area (Å²) >= 11 is 0. The number of carbonyl (C=O) groups excluding carboxylic acids is 2. The number of nitrogens with zero attached hydrogens (tertiary/aromatic N) is 3. The zero-order valence-electron chi connectivity index (χ0n) is 14.1. The second kappa shape index (κ2) is 8.57. The molecule has 0 spiro atoms. The van der Waals surface area contributed by atoms with Crippen LogP contribution >= 0.6 is 0 Å². The van der Waals surface area contributed by atoms with Crippen LogP contribution in [0.1, 0.15) is 5.56 Å². The molecule has 0 fully saturated rings. The molecule has 0 atom stereocenters. The van der Waals surface area contributed by atoms with Crippen LogP contribution < -0.4 is 10.6 Å². The third-order valence-electron chi connectivity index (χ3n) is 3.69. The van der Waals surface area contributed by atoms with Gasteiger partial charge in [0, 0.05) is 12.1 Å². The van der Waals surface area contributed by atoms with E-state index in [2.05, 4.69) is 20.9 Å². The summed E-state index contributed by atoms with van der Waals surface area (Å²) in [6.45, 7) is 0.358. The van der Waals surface area contributed by atoms with Crippen molar-refractivity contribution in [2.24, 2.45) is 0 Å². The lowest BCUT2D eigenvalue weighted by atomic mass is 10.2. The molecule has 1 aromatic heterocycles. The summed E-state index contributed by atoms with van der Waals surface area (Å²) < 4.78 is 1.44. The number of carbonyl (C=O) groups is 2. The van der Waals surface area contributed by atoms with Gasteiger partial charge in [-0.15, -0.1) is 5.10 Å². The molecule has 2 amide bonds. The predicted octanol–water partition coefficient (Wildman–Crippen LogP) is 1.38. The van der Waals surface area contributed by atoms with E-state index in [1.165, 1.54) is 4.68 Å². The van der Waals surface area contributed by atoms with E-state index in [9.17, 15) is 9.59 Å². The Morgan fingerprint density at radius 2 is 1.58 bits per heavy atom. The first kappa shape index (κ1) is 17.3. The molecule has 3 rings (SSSR count). The Morgan fingerprint density at radius 1 is 0.885 bits per heavy atom. The van der Waals surface area contributed by atoms with E-state index in [1.807, 2.05) is 60.7 Å². The van der Waals surface area contributed by atoms with Crippen molar-refractivity contribution < 1.29 is 9.59 Å². The Kier molecular flexibility index (Phi) is 5.72. The Hall–Kier alpha value is -3.48. The van der Waals surface area contributed by atoms with E-state index in [-0.39, 0.29) is 24.9 Å². The molecule has 7 heteroatoms. The first-order valence-electron chi connectivity index (χ1n) is 8.23. The van der Waals surface area contributed by atoms with Crippen molar-refractivity contribution in [1.29, 1.82) is 0 Å². The van der Waals surface area contributed by atoms with Gasteiger partial charge in [0.1, 0.15) is 12.2 Å². The molecule has 26 heavy (non-hydrogen) atoms. The molecule has 0 bridgehead atoms. The second-order valence-electron chi connectivity index (χ2n) is 5.71. The van der Waals surface area contributed by atoms with Crippen LogP contribution in [-0.4, -0.2) is 33.4 Å². The second-order valence-corrected chi connectivity index (χ2v) is 5.71. The van der Waals surface area contributed by atoms with Crippen LogP contribution in [0.25, 0.3) is 11.3 Å². The van der Waals surface area contributed by atoms with Gasteiger partial charge in [0.25, 0.3) is 0 Å². The summed E-state index contributed by atoms with van der Waals surface area (Å²) in [7, 11) is 0. The molecule has 132 valence electrons. The highest BCUT2D eigenvalue weighted by molar-refractivity contribution is 5.84. The maximum absolute atomic E-state index is 12.0. The van der Waals surface area contributed by atoms with Gasteiger partial charge in [-0.25, -0.2) is 4.68 Å². The van der Waals surface area contributed by atoms with E-state index in [0.717, 1.165) is 11.1 Å². The molecule has 0 radical (unpaired) electrons. The molecule has 7 nitrogen and oxygen atoms in total. The number of nitrogens with one attached hydrogen (secondary N) is 2. The highest BCUT2D eigenvalue weighted by atomic mass is 16.2. The minimum atomic E-state index is -0.302. The van der Waals surface area contributed by atoms with Crippen molar-refractivity contribution >= 4 is 11.8 Å². The van der Waals surface area contributed by atoms with E-state index in [0.29, 0.717) is 12.2 Å². The first-order valence-corrected chi connectivity index (χ1v) is 8.23. The SMILES string of the molecule is O=C(CNC(=O)Cn1cc(-c2ccccc2)nn1)NCc1ccccc1. The summed E-state index contributed by atoms with van der Waals surface area (Å²) in [5, 5.41) is 13.3. The van der Waals surface area contributed by atoms with Crippen LogP contribution in [0, 0.1) is 0 Å². The third-order valence-corrected chi connectivity index (χ3v) is 3.69. The molecule has 0 saturated carbocycles. The van der Waals surface area contributed by atoms with Crippen LogP contribution in [0.2, 0.25) is 0 Å². The molecule has 0 aliphatic rings. The van der Waals surface area contributed by atoms with Gasteiger partial charge >= 0.3 is 0 Å². The Labute approximate surface area is 151 Å². The number of hydrogen-bond acceptors (Lipinski definition) is 4. The van der Waals surface area contributed by atoms with Gasteiger partial charge in [0.2, 0.25) is 11.8 Å². The van der Waals surface area contributed by atoms with Gasteiger partial charge in [-0.2, -0.15) is 0 Å². The van der Waals surface area contributed by atoms with Gasteiger partial charge in [-0.1, -0.05) is 65.9 Å². The number of hydrogen-bond donors (Lipinski definition) is 2. The zero-order valence-corrected chi connectivity index (χ0v) is 14.1. The topological polar surface area (TPSA) is 88.9 Å². The maximum Gasteiger partial charge on any atom is 0.242 e. The van der Waals surface area contributed by atoms with Crippen molar-refractivity contribution in [1.82, 2.24) is 25.6 Å². The predicted molar refractivity (Wildman–Crippen MR) is 96.8 cm³/mol. The van der Waals surface area contributed by atoms with E-state index < -0.39 is 0 Å². The van der Waals surface area contributed by atoms with Crippen LogP contribution in [0.3, 0.4) is 0 Å². The molecular formula is C19H19N5O2. The van der Waals surface area contributed by atoms with Crippen molar-refractivity contribution in [3.63, 3.8) is 0 Å². The van der Waals surface area contributed by atoms with Gasteiger partial charge in [-0.3, -0.25) is 9.59 Å². The number of aromatic nitrogens is 3. The van der Waals surface area contributed by atoms with Gasteiger partial charge in [-0.05, 0) is 5.56 Å². The van der Waals surface area contributed by atoms with Crippen LogP contribution in [0.15, 0.2) is 66.9 Å². The molecule has 3 aromatic rings. The third kappa shape index (κ3) is 5.01. The number of rotatable bonds is 7. The highest BCUT2D eigenvalue weighted by Crippen LogP contribution is 2.14. The highest BCUT2D eigenvalue weighted by Gasteiger charge is 2.09. The lowest BCUT2D eigenvalue weighted by Gasteiger charge is -2.07. The van der Waals surface area contributed by atoms with Crippen molar-refractivity contribution in [3.05, 3.63) is 72.4 Å². The molecule has 0 aliphatic heterocycles. The van der Waals surface area contributed by atoms with E-state index >= 15 is 0 Å². The van der Waals surface area contributed by atoms with Crippen molar-refractivity contribution in [2.75, 3.05) is 6.54 Å². The van der Waals surface area contributed by atoms with Gasteiger partial charge in [0.05, 0.1) is 12.7 Å². The molecule has 0 aliphatic carbocycles. The summed E-state index contributed by atoms with van der Waals surface area (Å²) in [6.07, 6.45) is 1.70. The normalized spacial score (nSPS) is 10.3. The quantitative estimate of drug-likeness (QED) is 0.674. The monoisotopic (exact) mass is 349 g/mol. The van der Waals surface area contributed by atoms with Crippen LogP contribution in [0.4, 0.5) is 0 Å². The summed E-state index contributed by atoms with van der Waals surface area (Å²) in [6, 6.07) is 19.2. The Balaban J connectivity index is 1.43. The molecule has 0 unspecified atom stereocenters. The van der Waals surface area contributed by atoms with E-state index in [4.69, 9.17) is 0 Å². The lowest BCUT2D eigenvalue weighted by molar-refractivity contribution is -0.126. The van der Waals surface area contributed by atoms with Gasteiger partial charge < -0.3 is 10.6 Å². The van der Waals surface area contributed by atoms with Crippen LogP contribution in [0.5, 0.6) is 0 Å². The molecule has 0 saturated heterocycles. The van der Waals surface area contributed by atoms with Crippen molar-refractivity contribution in [3.8, 4) is 11.3 Å². The van der Waals surface area contributed by atoms with E-state index in [1.54, 1.807) is 6.20 Å². The van der Waals surface area contributed by atoms with Crippen molar-refractivity contribution in [2.45, 2.75) is 13.1 Å². The molecule has 1 heterocycles. The minimum absolute atomic E-state index is 0.00575. The summed E-state index contributed by atoms with van der Waals surface area (Å²) in [4.78, 5) is 23.8. The Bertz CT molecular complexity index is 862. The standard InChI is InChI=1S/C19H19N5O2/c25-18(20-11-15-7-3-1-4-8-15)12-21-19(26)14-24-13-17(22-23-24)16-9-5-2-6-10-16/h1-10,13H,11-12,14H2,(H,20,25)(H,21,26). The van der Waals surface area contributed by atoms with Crippen LogP contribution in [-0.2, 0) is 22.7 Å². The van der Waals surface area contributed by atoms with Gasteiger partial charge in [0.15, 0.2) is 0 Å². The molecule has 2 N–H and O–H groups in total. The number of benzene rings is 2. The molecular weight excluding hydrogens is 330 g/mol. The summed E-state index contributed by atoms with van der Waals surface area (Å²) in [5.74, 6) is -0.546. The lowest BCUT2D eigenvalue weighted by Crippen LogP contribution is -2.38.